The van der Waals surface area contributed by atoms with Crippen molar-refractivity contribution < 1.29 is 42.1 Å². The average Bonchev–Trinajstić information content (AvgIpc) is 2.71. The third-order valence-corrected chi connectivity index (χ3v) is 4.44. The molecule has 1 amide bonds. The molecule has 0 saturated heterocycles. The van der Waals surface area contributed by atoms with Gasteiger partial charge in [-0.1, -0.05) is 26.0 Å². The van der Waals surface area contributed by atoms with E-state index in [0.717, 1.165) is 12.0 Å². The molecule has 1 atom stereocenters. The Kier molecular flexibility index (Phi) is 11.9. The summed E-state index contributed by atoms with van der Waals surface area (Å²) in [6.45, 7) is 4.83. The number of hydrogen-bond acceptors (Lipinski definition) is 5. The van der Waals surface area contributed by atoms with Crippen LogP contribution in [-0.2, 0) is 20.7 Å². The van der Waals surface area contributed by atoms with Crippen LogP contribution in [0.2, 0.25) is 0 Å². The molecule has 1 N–H and O–H groups in total. The highest BCUT2D eigenvalue weighted by atomic mass is 19.4. The monoisotopic (exact) mass is 463 g/mol. The summed E-state index contributed by atoms with van der Waals surface area (Å²) in [5, 5.41) is 9.15. The topological polar surface area (TPSA) is 85.3 Å². The van der Waals surface area contributed by atoms with Gasteiger partial charge in [0.25, 0.3) is 0 Å². The van der Waals surface area contributed by atoms with Gasteiger partial charge in [0.05, 0.1) is 6.54 Å². The van der Waals surface area contributed by atoms with Gasteiger partial charge in [0.2, 0.25) is 0 Å². The number of carbonyl (C=O) groups excluding carboxylic acids is 1. The number of rotatable bonds is 14. The van der Waals surface area contributed by atoms with E-state index in [-0.39, 0.29) is 32.7 Å². The quantitative estimate of drug-likeness (QED) is 0.436. The minimum atomic E-state index is -4.58. The zero-order chi connectivity index (χ0) is 24.1. The number of benzene rings is 1. The lowest BCUT2D eigenvalue weighted by Gasteiger charge is -2.23. The number of aliphatic carboxylic acids is 1. The van der Waals surface area contributed by atoms with Gasteiger partial charge in [-0.15, -0.1) is 0 Å². The maximum Gasteiger partial charge on any atom is 0.422 e. The molecule has 0 aliphatic heterocycles. The second kappa shape index (κ2) is 13.8. The Morgan fingerprint density at radius 1 is 1.12 bits per heavy atom. The van der Waals surface area contributed by atoms with Crippen LogP contribution in [0, 0.1) is 5.92 Å². The Hall–Kier alpha value is -2.49. The number of hydrogen-bond donors (Lipinski definition) is 1. The second-order valence-corrected chi connectivity index (χ2v) is 7.67. The molecule has 32 heavy (non-hydrogen) atoms. The van der Waals surface area contributed by atoms with Crippen molar-refractivity contribution in [3.05, 3.63) is 29.8 Å². The van der Waals surface area contributed by atoms with Crippen molar-refractivity contribution in [3.8, 4) is 5.75 Å². The molecule has 0 fully saturated rings. The molecule has 1 aromatic rings. The first kappa shape index (κ1) is 27.5. The summed E-state index contributed by atoms with van der Waals surface area (Å²) in [7, 11) is 0. The highest BCUT2D eigenvalue weighted by molar-refractivity contribution is 5.72. The third-order valence-electron chi connectivity index (χ3n) is 4.44. The molecule has 0 bridgehead atoms. The summed E-state index contributed by atoms with van der Waals surface area (Å²) in [5.74, 6) is -0.147. The Morgan fingerprint density at radius 2 is 1.78 bits per heavy atom. The van der Waals surface area contributed by atoms with Crippen molar-refractivity contribution in [2.24, 2.45) is 5.92 Å². The van der Waals surface area contributed by atoms with E-state index in [2.05, 4.69) is 4.74 Å². The fraction of sp³-hybridized carbons (Fsp3) is 0.636. The van der Waals surface area contributed by atoms with E-state index in [1.807, 2.05) is 13.8 Å². The van der Waals surface area contributed by atoms with E-state index in [1.165, 1.54) is 4.90 Å². The van der Waals surface area contributed by atoms with Crippen molar-refractivity contribution in [3.63, 3.8) is 0 Å². The summed E-state index contributed by atoms with van der Waals surface area (Å²) < 4.78 is 52.2. The number of carboxylic acid groups (broad SMARTS) is 1. The van der Waals surface area contributed by atoms with Gasteiger partial charge in [-0.2, -0.15) is 13.2 Å². The number of amides is 1. The maximum atomic E-state index is 12.3. The van der Waals surface area contributed by atoms with E-state index in [9.17, 15) is 22.8 Å². The van der Waals surface area contributed by atoms with Crippen LogP contribution in [-0.4, -0.2) is 67.3 Å². The fourth-order valence-corrected chi connectivity index (χ4v) is 2.85. The number of carboxylic acids is 1. The molecular formula is C22H32F3NO6. The number of carbonyl (C=O) groups is 2. The minimum Gasteiger partial charge on any atom is -0.492 e. The Morgan fingerprint density at radius 3 is 2.31 bits per heavy atom. The molecule has 0 saturated carbocycles. The van der Waals surface area contributed by atoms with Crippen LogP contribution in [0.4, 0.5) is 18.0 Å². The number of halogens is 3. The standard InChI is InChI=1S/C22H32F3NO6/c1-4-30-19(20(27)28)14-17-7-9-18(10-8-17)31-13-12-26(11-5-6-16(2)3)21(29)32-15-22(23,24)25/h7-10,16,19H,4-6,11-15H2,1-3H3,(H,27,28). The van der Waals surface area contributed by atoms with Gasteiger partial charge in [-0.3, -0.25) is 0 Å². The molecule has 0 radical (unpaired) electrons. The van der Waals surface area contributed by atoms with Gasteiger partial charge >= 0.3 is 18.2 Å². The highest BCUT2D eigenvalue weighted by Gasteiger charge is 2.30. The van der Waals surface area contributed by atoms with Crippen LogP contribution in [0.25, 0.3) is 0 Å². The van der Waals surface area contributed by atoms with Crippen LogP contribution < -0.4 is 4.74 Å². The van der Waals surface area contributed by atoms with Gasteiger partial charge in [0, 0.05) is 19.6 Å². The zero-order valence-corrected chi connectivity index (χ0v) is 18.7. The molecule has 1 unspecified atom stereocenters. The third kappa shape index (κ3) is 11.8. The molecule has 0 aliphatic rings. The molecule has 1 aromatic carbocycles. The molecule has 0 heterocycles. The van der Waals surface area contributed by atoms with Crippen LogP contribution in [0.15, 0.2) is 24.3 Å². The van der Waals surface area contributed by atoms with E-state index >= 15 is 0 Å². The zero-order valence-electron chi connectivity index (χ0n) is 18.7. The Labute approximate surface area is 186 Å². The number of nitrogens with zero attached hydrogens (tertiary/aromatic N) is 1. The second-order valence-electron chi connectivity index (χ2n) is 7.67. The lowest BCUT2D eigenvalue weighted by Crippen LogP contribution is -2.37. The molecule has 7 nitrogen and oxygen atoms in total. The largest absolute Gasteiger partial charge is 0.492 e. The molecule has 10 heteroatoms. The first-order chi connectivity index (χ1) is 15.0. The van der Waals surface area contributed by atoms with Gasteiger partial charge in [-0.25, -0.2) is 9.59 Å². The smallest absolute Gasteiger partial charge is 0.422 e. The van der Waals surface area contributed by atoms with Gasteiger partial charge in [0.1, 0.15) is 12.4 Å². The maximum absolute atomic E-state index is 12.3. The van der Waals surface area contributed by atoms with Gasteiger partial charge in [0.15, 0.2) is 12.7 Å². The Balaban J connectivity index is 2.59. The van der Waals surface area contributed by atoms with E-state index in [0.29, 0.717) is 18.1 Å². The average molecular weight is 463 g/mol. The van der Waals surface area contributed by atoms with Crippen molar-refractivity contribution in [1.82, 2.24) is 4.90 Å². The van der Waals surface area contributed by atoms with Crippen molar-refractivity contribution in [1.29, 1.82) is 0 Å². The SMILES string of the molecule is CCOC(Cc1ccc(OCCN(CCCC(C)C)C(=O)OCC(F)(F)F)cc1)C(=O)O. The van der Waals surface area contributed by atoms with E-state index in [1.54, 1.807) is 31.2 Å². The predicted octanol–water partition coefficient (Wildman–Crippen LogP) is 4.53. The number of ether oxygens (including phenoxy) is 3. The summed E-state index contributed by atoms with van der Waals surface area (Å²) >= 11 is 0. The highest BCUT2D eigenvalue weighted by Crippen LogP contribution is 2.17. The summed E-state index contributed by atoms with van der Waals surface area (Å²) in [5.41, 5.74) is 0.754. The molecule has 0 aromatic heterocycles. The van der Waals surface area contributed by atoms with Crippen LogP contribution in [0.3, 0.4) is 0 Å². The lowest BCUT2D eigenvalue weighted by molar-refractivity contribution is -0.162. The summed E-state index contributed by atoms with van der Waals surface area (Å²) in [6, 6.07) is 6.74. The normalized spacial score (nSPS) is 12.5. The predicted molar refractivity (Wildman–Crippen MR) is 112 cm³/mol. The van der Waals surface area contributed by atoms with Crippen molar-refractivity contribution >= 4 is 12.1 Å². The van der Waals surface area contributed by atoms with Crippen molar-refractivity contribution in [2.75, 3.05) is 32.9 Å². The minimum absolute atomic E-state index is 0.0683. The summed E-state index contributed by atoms with van der Waals surface area (Å²) in [6.07, 6.45) is -4.88. The van der Waals surface area contributed by atoms with Crippen LogP contribution in [0.1, 0.15) is 39.2 Å². The molecule has 0 aliphatic carbocycles. The first-order valence-corrected chi connectivity index (χ1v) is 10.6. The molecule has 0 spiro atoms. The molecule has 1 rings (SSSR count). The van der Waals surface area contributed by atoms with Gasteiger partial charge in [-0.05, 0) is 43.4 Å². The van der Waals surface area contributed by atoms with Crippen molar-refractivity contribution in [2.45, 2.75) is 52.3 Å². The molecular weight excluding hydrogens is 431 g/mol. The Bertz CT molecular complexity index is 694. The van der Waals surface area contributed by atoms with E-state index in [4.69, 9.17) is 14.6 Å². The number of alkyl halides is 3. The van der Waals surface area contributed by atoms with E-state index < -0.39 is 30.9 Å². The molecule has 182 valence electrons. The summed E-state index contributed by atoms with van der Waals surface area (Å²) in [4.78, 5) is 24.4. The van der Waals surface area contributed by atoms with Gasteiger partial charge < -0.3 is 24.2 Å². The first-order valence-electron chi connectivity index (χ1n) is 10.6. The lowest BCUT2D eigenvalue weighted by atomic mass is 10.1. The fourth-order valence-electron chi connectivity index (χ4n) is 2.85. The van der Waals surface area contributed by atoms with Crippen LogP contribution in [0.5, 0.6) is 5.75 Å². The van der Waals surface area contributed by atoms with Crippen LogP contribution >= 0.6 is 0 Å².